The third kappa shape index (κ3) is 2.29. The summed E-state index contributed by atoms with van der Waals surface area (Å²) < 4.78 is 22.4. The largest absolute Gasteiger partial charge is 0.294 e. The van der Waals surface area contributed by atoms with Crippen molar-refractivity contribution in [2.24, 2.45) is 5.14 Å². The van der Waals surface area contributed by atoms with E-state index >= 15 is 0 Å². The number of primary sulfonamides is 1. The molecule has 0 aliphatic carbocycles. The van der Waals surface area contributed by atoms with Gasteiger partial charge in [0.15, 0.2) is 11.5 Å². The molecule has 1 aromatic rings. The van der Waals surface area contributed by atoms with Crippen LogP contribution in [0.15, 0.2) is 12.4 Å². The van der Waals surface area contributed by atoms with Crippen molar-refractivity contribution in [3.63, 3.8) is 0 Å². The lowest BCUT2D eigenvalue weighted by Crippen LogP contribution is -2.32. The van der Waals surface area contributed by atoms with Gasteiger partial charge in [-0.1, -0.05) is 0 Å². The van der Waals surface area contributed by atoms with Crippen LogP contribution in [0.1, 0.15) is 12.1 Å². The van der Waals surface area contributed by atoms with Crippen LogP contribution in [0.4, 0.5) is 5.82 Å². The zero-order valence-electron chi connectivity index (χ0n) is 9.15. The fraction of sp³-hybridized carbons (Fsp3) is 0.333. The van der Waals surface area contributed by atoms with Gasteiger partial charge < -0.3 is 0 Å². The van der Waals surface area contributed by atoms with E-state index < -0.39 is 15.3 Å². The summed E-state index contributed by atoms with van der Waals surface area (Å²) in [6.07, 6.45) is 2.30. The van der Waals surface area contributed by atoms with E-state index in [0.717, 1.165) is 0 Å². The molecule has 18 heavy (non-hydrogen) atoms. The molecule has 0 saturated carbocycles. The van der Waals surface area contributed by atoms with Crippen molar-refractivity contribution in [2.45, 2.75) is 11.7 Å². The molecule has 0 bridgehead atoms. The molecule has 1 aliphatic heterocycles. The fourth-order valence-corrected chi connectivity index (χ4v) is 2.37. The molecule has 2 rings (SSSR count). The maximum absolute atomic E-state index is 11.7. The summed E-state index contributed by atoms with van der Waals surface area (Å²) in [6.45, 7) is -0.0434. The minimum Gasteiger partial charge on any atom is -0.294 e. The summed E-state index contributed by atoms with van der Waals surface area (Å²) in [5.41, 5.74) is 0.119. The van der Waals surface area contributed by atoms with Gasteiger partial charge >= 0.3 is 0 Å². The monoisotopic (exact) mass is 267 g/mol. The average Bonchev–Trinajstić information content (AvgIpc) is 2.71. The number of rotatable bonds is 2. The first-order valence-electron chi connectivity index (χ1n) is 4.96. The summed E-state index contributed by atoms with van der Waals surface area (Å²) in [4.78, 5) is 20.5. The number of hydrogen-bond acceptors (Lipinski definition) is 6. The molecule has 9 heteroatoms. The van der Waals surface area contributed by atoms with E-state index in [1.807, 2.05) is 0 Å². The Balaban J connectivity index is 2.25. The van der Waals surface area contributed by atoms with Gasteiger partial charge in [-0.25, -0.2) is 23.5 Å². The first-order valence-corrected chi connectivity index (χ1v) is 6.57. The molecule has 1 amide bonds. The van der Waals surface area contributed by atoms with Crippen LogP contribution in [0, 0.1) is 11.3 Å². The quantitative estimate of drug-likeness (QED) is 0.711. The van der Waals surface area contributed by atoms with Crippen LogP contribution < -0.4 is 10.0 Å². The van der Waals surface area contributed by atoms with Crippen LogP contribution in [-0.2, 0) is 14.8 Å². The summed E-state index contributed by atoms with van der Waals surface area (Å²) in [5, 5.41) is 12.6. The molecule has 1 aromatic heterocycles. The maximum atomic E-state index is 11.7. The van der Waals surface area contributed by atoms with Crippen LogP contribution in [-0.4, -0.2) is 36.1 Å². The van der Waals surface area contributed by atoms with Crippen LogP contribution in [0.25, 0.3) is 0 Å². The average molecular weight is 267 g/mol. The van der Waals surface area contributed by atoms with Crippen molar-refractivity contribution < 1.29 is 13.2 Å². The van der Waals surface area contributed by atoms with Crippen LogP contribution in [0.2, 0.25) is 0 Å². The van der Waals surface area contributed by atoms with Gasteiger partial charge in [0, 0.05) is 13.0 Å². The molecule has 1 saturated heterocycles. The number of nitriles is 1. The van der Waals surface area contributed by atoms with Gasteiger partial charge in [0.2, 0.25) is 15.9 Å². The zero-order valence-corrected chi connectivity index (χ0v) is 9.96. The molecule has 1 fully saturated rings. The third-order valence-corrected chi connectivity index (χ3v) is 3.83. The molecule has 8 nitrogen and oxygen atoms in total. The first-order chi connectivity index (χ1) is 8.41. The highest BCUT2D eigenvalue weighted by Crippen LogP contribution is 2.21. The lowest BCUT2D eigenvalue weighted by Gasteiger charge is -2.14. The second kappa shape index (κ2) is 4.32. The molecule has 1 aliphatic rings. The minimum atomic E-state index is -3.75. The molecule has 0 spiro atoms. The first kappa shape index (κ1) is 12.4. The standard InChI is InChI=1S/C9H9N5O3S/c10-2-6-3-13-8(4-12-6)14-5-7(1-9(14)15)18(11,16)17/h3-4,7H,1,5H2,(H2,11,16,17). The van der Waals surface area contributed by atoms with Gasteiger partial charge in [-0.05, 0) is 0 Å². The minimum absolute atomic E-state index is 0.0434. The molecule has 0 aromatic carbocycles. The van der Waals surface area contributed by atoms with Crippen LogP contribution in [0.5, 0.6) is 0 Å². The molecule has 0 radical (unpaired) electrons. The number of amides is 1. The number of sulfonamides is 1. The molecule has 1 unspecified atom stereocenters. The van der Waals surface area contributed by atoms with Gasteiger partial charge in [-0.2, -0.15) is 5.26 Å². The van der Waals surface area contributed by atoms with Gasteiger partial charge in [-0.15, -0.1) is 0 Å². The van der Waals surface area contributed by atoms with Crippen molar-refractivity contribution >= 4 is 21.7 Å². The molecular weight excluding hydrogens is 258 g/mol. The second-order valence-electron chi connectivity index (χ2n) is 3.79. The summed E-state index contributed by atoms with van der Waals surface area (Å²) in [6, 6.07) is 1.80. The second-order valence-corrected chi connectivity index (χ2v) is 5.64. The molecule has 2 N–H and O–H groups in total. The molecule has 94 valence electrons. The van der Waals surface area contributed by atoms with Gasteiger partial charge in [-0.3, -0.25) is 9.69 Å². The topological polar surface area (TPSA) is 130 Å². The predicted octanol–water partition coefficient (Wildman–Crippen LogP) is -1.26. The Bertz CT molecular complexity index is 619. The Morgan fingerprint density at radius 1 is 1.44 bits per heavy atom. The van der Waals surface area contributed by atoms with Crippen LogP contribution in [0.3, 0.4) is 0 Å². The normalized spacial score (nSPS) is 19.9. The van der Waals surface area contributed by atoms with E-state index in [4.69, 9.17) is 10.4 Å². The number of carbonyl (C=O) groups excluding carboxylic acids is 1. The highest BCUT2D eigenvalue weighted by molar-refractivity contribution is 7.89. The van der Waals surface area contributed by atoms with E-state index in [-0.39, 0.29) is 30.4 Å². The highest BCUT2D eigenvalue weighted by atomic mass is 32.2. The predicted molar refractivity (Wildman–Crippen MR) is 60.6 cm³/mol. The Morgan fingerprint density at radius 2 is 2.17 bits per heavy atom. The Hall–Kier alpha value is -2.05. The zero-order chi connectivity index (χ0) is 13.3. The Morgan fingerprint density at radius 3 is 2.61 bits per heavy atom. The van der Waals surface area contributed by atoms with E-state index in [0.29, 0.717) is 0 Å². The van der Waals surface area contributed by atoms with Crippen molar-refractivity contribution in [1.82, 2.24) is 9.97 Å². The number of aromatic nitrogens is 2. The lowest BCUT2D eigenvalue weighted by molar-refractivity contribution is -0.117. The number of nitrogens with zero attached hydrogens (tertiary/aromatic N) is 4. The van der Waals surface area contributed by atoms with Crippen molar-refractivity contribution in [3.05, 3.63) is 18.1 Å². The fourth-order valence-electron chi connectivity index (χ4n) is 1.63. The van der Waals surface area contributed by atoms with Crippen molar-refractivity contribution in [3.8, 4) is 6.07 Å². The van der Waals surface area contributed by atoms with Crippen molar-refractivity contribution in [1.29, 1.82) is 5.26 Å². The molecule has 2 heterocycles. The number of nitrogens with two attached hydrogens (primary N) is 1. The maximum Gasteiger partial charge on any atom is 0.229 e. The molecular formula is C9H9N5O3S. The Kier molecular flexibility index (Phi) is 2.98. The molecule has 1 atom stereocenters. The summed E-state index contributed by atoms with van der Waals surface area (Å²) in [5.74, 6) is -0.168. The van der Waals surface area contributed by atoms with E-state index in [1.54, 1.807) is 6.07 Å². The summed E-state index contributed by atoms with van der Waals surface area (Å²) >= 11 is 0. The number of anilines is 1. The number of hydrogen-bond donors (Lipinski definition) is 1. The third-order valence-electron chi connectivity index (χ3n) is 2.58. The van der Waals surface area contributed by atoms with Gasteiger partial charge in [0.25, 0.3) is 0 Å². The van der Waals surface area contributed by atoms with Crippen molar-refractivity contribution in [2.75, 3.05) is 11.4 Å². The van der Waals surface area contributed by atoms with Crippen LogP contribution >= 0.6 is 0 Å². The van der Waals surface area contributed by atoms with Gasteiger partial charge in [0.05, 0.1) is 12.4 Å². The van der Waals surface area contributed by atoms with E-state index in [1.165, 1.54) is 17.3 Å². The SMILES string of the molecule is N#Cc1cnc(N2CC(S(N)(=O)=O)CC2=O)cn1. The highest BCUT2D eigenvalue weighted by Gasteiger charge is 2.37. The number of carbonyl (C=O) groups is 1. The van der Waals surface area contributed by atoms with Gasteiger partial charge in [0.1, 0.15) is 11.3 Å². The lowest BCUT2D eigenvalue weighted by atomic mass is 10.4. The smallest absolute Gasteiger partial charge is 0.229 e. The summed E-state index contributed by atoms with van der Waals surface area (Å²) in [7, 11) is -3.75. The van der Waals surface area contributed by atoms with E-state index in [2.05, 4.69) is 9.97 Å². The Labute approximate surface area is 103 Å². The van der Waals surface area contributed by atoms with E-state index in [9.17, 15) is 13.2 Å².